The van der Waals surface area contributed by atoms with Crippen molar-refractivity contribution >= 4 is 5.91 Å². The molecule has 2 heteroatoms. The van der Waals surface area contributed by atoms with Crippen LogP contribution in [0.4, 0.5) is 0 Å². The summed E-state index contributed by atoms with van der Waals surface area (Å²) in [7, 11) is 0. The minimum absolute atomic E-state index is 0.119. The average molecular weight is 217 g/mol. The highest BCUT2D eigenvalue weighted by Crippen LogP contribution is 2.30. The molecule has 1 unspecified atom stereocenters. The first-order chi connectivity index (χ1) is 7.58. The second-order valence-corrected chi connectivity index (χ2v) is 4.86. The molecule has 2 nitrogen and oxygen atoms in total. The number of rotatable bonds is 3. The zero-order valence-electron chi connectivity index (χ0n) is 10.2. The van der Waals surface area contributed by atoms with Crippen LogP contribution in [0.25, 0.3) is 0 Å². The Hall–Kier alpha value is -1.31. The van der Waals surface area contributed by atoms with Gasteiger partial charge in [-0.3, -0.25) is 4.79 Å². The summed E-state index contributed by atoms with van der Waals surface area (Å²) in [6.07, 6.45) is 2.12. The Bertz CT molecular complexity index is 407. The minimum Gasteiger partial charge on any atom is -0.349 e. The number of benzene rings is 1. The van der Waals surface area contributed by atoms with Crippen LogP contribution < -0.4 is 5.32 Å². The van der Waals surface area contributed by atoms with Gasteiger partial charge in [-0.2, -0.15) is 0 Å². The Morgan fingerprint density at radius 2 is 2.06 bits per heavy atom. The molecule has 1 amide bonds. The van der Waals surface area contributed by atoms with Gasteiger partial charge in [0.05, 0.1) is 6.04 Å². The second-order valence-electron chi connectivity index (χ2n) is 4.86. The zero-order valence-corrected chi connectivity index (χ0v) is 10.2. The SMILES string of the molecule is Cc1ccc(C)c(C(C)NC(=O)C2CC2)c1. The Morgan fingerprint density at radius 3 is 2.69 bits per heavy atom. The minimum atomic E-state index is 0.119. The molecular weight excluding hydrogens is 198 g/mol. The fourth-order valence-electron chi connectivity index (χ4n) is 1.98. The van der Waals surface area contributed by atoms with Crippen molar-refractivity contribution in [3.05, 3.63) is 34.9 Å². The Labute approximate surface area is 97.1 Å². The number of hydrogen-bond donors (Lipinski definition) is 1. The topological polar surface area (TPSA) is 29.1 Å². The summed E-state index contributed by atoms with van der Waals surface area (Å²) in [5, 5.41) is 3.09. The maximum atomic E-state index is 11.7. The largest absolute Gasteiger partial charge is 0.349 e. The van der Waals surface area contributed by atoms with E-state index in [-0.39, 0.29) is 17.9 Å². The molecular formula is C14H19NO. The lowest BCUT2D eigenvalue weighted by Gasteiger charge is -2.17. The molecule has 0 heterocycles. The van der Waals surface area contributed by atoms with Gasteiger partial charge in [-0.05, 0) is 44.7 Å². The van der Waals surface area contributed by atoms with Gasteiger partial charge in [0.25, 0.3) is 0 Å². The molecule has 2 rings (SSSR count). The van der Waals surface area contributed by atoms with Gasteiger partial charge in [0.1, 0.15) is 0 Å². The molecule has 0 bridgehead atoms. The Morgan fingerprint density at radius 1 is 1.38 bits per heavy atom. The van der Waals surface area contributed by atoms with E-state index < -0.39 is 0 Å². The summed E-state index contributed by atoms with van der Waals surface area (Å²) in [4.78, 5) is 11.7. The van der Waals surface area contributed by atoms with Gasteiger partial charge in [-0.1, -0.05) is 23.8 Å². The van der Waals surface area contributed by atoms with Crippen molar-refractivity contribution in [3.8, 4) is 0 Å². The van der Waals surface area contributed by atoms with E-state index in [0.717, 1.165) is 12.8 Å². The number of amides is 1. The summed E-state index contributed by atoms with van der Waals surface area (Å²) in [5.41, 5.74) is 3.72. The van der Waals surface area contributed by atoms with Crippen molar-refractivity contribution in [2.24, 2.45) is 5.92 Å². The fraction of sp³-hybridized carbons (Fsp3) is 0.500. The molecule has 0 saturated heterocycles. The van der Waals surface area contributed by atoms with Crippen LogP contribution in [0.2, 0.25) is 0 Å². The van der Waals surface area contributed by atoms with Crippen molar-refractivity contribution in [2.45, 2.75) is 39.7 Å². The van der Waals surface area contributed by atoms with Crippen molar-refractivity contribution in [2.75, 3.05) is 0 Å². The van der Waals surface area contributed by atoms with E-state index in [0.29, 0.717) is 0 Å². The lowest BCUT2D eigenvalue weighted by molar-refractivity contribution is -0.122. The predicted octanol–water partition coefficient (Wildman–Crippen LogP) is 2.89. The molecule has 0 spiro atoms. The molecule has 1 aromatic carbocycles. The molecule has 1 aliphatic rings. The predicted molar refractivity (Wildman–Crippen MR) is 65.2 cm³/mol. The van der Waals surface area contributed by atoms with Gasteiger partial charge in [0.15, 0.2) is 0 Å². The van der Waals surface area contributed by atoms with Gasteiger partial charge >= 0.3 is 0 Å². The van der Waals surface area contributed by atoms with Crippen LogP contribution in [0.1, 0.15) is 42.5 Å². The van der Waals surface area contributed by atoms with E-state index in [1.165, 1.54) is 16.7 Å². The molecule has 1 N–H and O–H groups in total. The average Bonchev–Trinajstić information content (AvgIpc) is 3.04. The van der Waals surface area contributed by atoms with Crippen molar-refractivity contribution < 1.29 is 4.79 Å². The normalized spacial score (nSPS) is 16.9. The van der Waals surface area contributed by atoms with Crippen LogP contribution in [-0.2, 0) is 4.79 Å². The summed E-state index contributed by atoms with van der Waals surface area (Å²) >= 11 is 0. The van der Waals surface area contributed by atoms with Crippen LogP contribution in [0.3, 0.4) is 0 Å². The smallest absolute Gasteiger partial charge is 0.223 e. The second kappa shape index (κ2) is 4.28. The quantitative estimate of drug-likeness (QED) is 0.828. The molecule has 1 atom stereocenters. The van der Waals surface area contributed by atoms with Crippen LogP contribution in [0.5, 0.6) is 0 Å². The van der Waals surface area contributed by atoms with Crippen molar-refractivity contribution in [1.29, 1.82) is 0 Å². The third-order valence-corrected chi connectivity index (χ3v) is 3.21. The number of aryl methyl sites for hydroxylation is 2. The Kier molecular flexibility index (Phi) is 2.99. The van der Waals surface area contributed by atoms with E-state index in [4.69, 9.17) is 0 Å². The fourth-order valence-corrected chi connectivity index (χ4v) is 1.98. The highest BCUT2D eigenvalue weighted by molar-refractivity contribution is 5.81. The molecule has 0 radical (unpaired) electrons. The standard InChI is InChI=1S/C14H19NO/c1-9-4-5-10(2)13(8-9)11(3)15-14(16)12-6-7-12/h4-5,8,11-12H,6-7H2,1-3H3,(H,15,16). The summed E-state index contributed by atoms with van der Waals surface area (Å²) < 4.78 is 0. The number of nitrogens with one attached hydrogen (secondary N) is 1. The highest BCUT2D eigenvalue weighted by atomic mass is 16.2. The summed E-state index contributed by atoms with van der Waals surface area (Å²) in [5.74, 6) is 0.501. The molecule has 0 aromatic heterocycles. The third-order valence-electron chi connectivity index (χ3n) is 3.21. The molecule has 1 aromatic rings. The molecule has 16 heavy (non-hydrogen) atoms. The van der Waals surface area contributed by atoms with Crippen LogP contribution in [0, 0.1) is 19.8 Å². The van der Waals surface area contributed by atoms with Gasteiger partial charge < -0.3 is 5.32 Å². The molecule has 1 fully saturated rings. The summed E-state index contributed by atoms with van der Waals surface area (Å²) in [6.45, 7) is 6.23. The number of hydrogen-bond acceptors (Lipinski definition) is 1. The van der Waals surface area contributed by atoms with Gasteiger partial charge in [-0.15, -0.1) is 0 Å². The van der Waals surface area contributed by atoms with Crippen molar-refractivity contribution in [1.82, 2.24) is 5.32 Å². The van der Waals surface area contributed by atoms with Crippen LogP contribution in [-0.4, -0.2) is 5.91 Å². The van der Waals surface area contributed by atoms with Crippen LogP contribution >= 0.6 is 0 Å². The van der Waals surface area contributed by atoms with Gasteiger partial charge in [-0.25, -0.2) is 0 Å². The van der Waals surface area contributed by atoms with E-state index in [1.54, 1.807) is 0 Å². The van der Waals surface area contributed by atoms with E-state index in [2.05, 4.69) is 44.3 Å². The first-order valence-electron chi connectivity index (χ1n) is 5.95. The van der Waals surface area contributed by atoms with Gasteiger partial charge in [0, 0.05) is 5.92 Å². The lowest BCUT2D eigenvalue weighted by atomic mass is 10.00. The van der Waals surface area contributed by atoms with E-state index >= 15 is 0 Å². The number of carbonyl (C=O) groups excluding carboxylic acids is 1. The van der Waals surface area contributed by atoms with Crippen LogP contribution in [0.15, 0.2) is 18.2 Å². The maximum Gasteiger partial charge on any atom is 0.223 e. The van der Waals surface area contributed by atoms with E-state index in [9.17, 15) is 4.79 Å². The molecule has 1 aliphatic carbocycles. The highest BCUT2D eigenvalue weighted by Gasteiger charge is 2.30. The third kappa shape index (κ3) is 2.43. The molecule has 1 saturated carbocycles. The Balaban J connectivity index is 2.09. The first-order valence-corrected chi connectivity index (χ1v) is 5.95. The molecule has 0 aliphatic heterocycles. The lowest BCUT2D eigenvalue weighted by Crippen LogP contribution is -2.28. The summed E-state index contributed by atoms with van der Waals surface area (Å²) in [6, 6.07) is 6.50. The zero-order chi connectivity index (χ0) is 11.7. The maximum absolute atomic E-state index is 11.7. The van der Waals surface area contributed by atoms with Gasteiger partial charge in [0.2, 0.25) is 5.91 Å². The van der Waals surface area contributed by atoms with E-state index in [1.807, 2.05) is 0 Å². The van der Waals surface area contributed by atoms with Crippen molar-refractivity contribution in [3.63, 3.8) is 0 Å². The first kappa shape index (κ1) is 11.2. The molecule has 86 valence electrons. The number of carbonyl (C=O) groups is 1. The monoisotopic (exact) mass is 217 g/mol.